The van der Waals surface area contributed by atoms with Crippen LogP contribution in [0.5, 0.6) is 0 Å². The van der Waals surface area contributed by atoms with Crippen LogP contribution in [-0.4, -0.2) is 30.6 Å². The second-order valence-electron chi connectivity index (χ2n) is 4.48. The largest absolute Gasteiger partial charge is 0.397 e. The van der Waals surface area contributed by atoms with E-state index in [9.17, 15) is 4.79 Å². The zero-order valence-corrected chi connectivity index (χ0v) is 12.1. The van der Waals surface area contributed by atoms with Crippen LogP contribution in [0, 0.1) is 0 Å². The summed E-state index contributed by atoms with van der Waals surface area (Å²) in [6, 6.07) is 1.81. The third-order valence-corrected chi connectivity index (χ3v) is 3.77. The third-order valence-electron chi connectivity index (χ3n) is 2.62. The Bertz CT molecular complexity index is 636. The first kappa shape index (κ1) is 14.5. The Morgan fingerprint density at radius 3 is 3.10 bits per heavy atom. The Hall–Kier alpha value is -1.92. The number of carbonyl (C=O) groups excluding carboxylic acids is 1. The van der Waals surface area contributed by atoms with Crippen LogP contribution in [0.25, 0.3) is 10.1 Å². The molecule has 2 heterocycles. The van der Waals surface area contributed by atoms with Crippen molar-refractivity contribution < 1.29 is 9.53 Å². The number of ether oxygens (including phenoxy) is 1. The molecule has 0 fully saturated rings. The van der Waals surface area contributed by atoms with Crippen molar-refractivity contribution in [3.8, 4) is 0 Å². The summed E-state index contributed by atoms with van der Waals surface area (Å²) in [6.07, 6.45) is 3.38. The van der Waals surface area contributed by atoms with Crippen molar-refractivity contribution in [2.75, 3.05) is 25.5 Å². The van der Waals surface area contributed by atoms with Gasteiger partial charge in [0, 0.05) is 24.3 Å². The summed E-state index contributed by atoms with van der Waals surface area (Å²) in [7, 11) is 0. The summed E-state index contributed by atoms with van der Waals surface area (Å²) in [5, 5.41) is 3.66. The number of nitrogens with zero attached hydrogens (tertiary/aromatic N) is 1. The van der Waals surface area contributed by atoms with Gasteiger partial charge < -0.3 is 15.8 Å². The normalized spacial score (nSPS) is 10.7. The number of nitrogens with two attached hydrogens (primary N) is 1. The first-order valence-electron chi connectivity index (χ1n) is 6.22. The second kappa shape index (κ2) is 6.49. The molecule has 0 aliphatic carbocycles. The standard InChI is InChI=1S/C14H17N3O2S/c1-9(2)8-19-6-5-17-14(18)13-12(15)10-3-4-16-7-11(10)20-13/h3-4,7H,1,5-6,8,15H2,2H3,(H,17,18). The highest BCUT2D eigenvalue weighted by Gasteiger charge is 2.15. The number of amides is 1. The minimum Gasteiger partial charge on any atom is -0.397 e. The maximum atomic E-state index is 12.1. The number of hydrogen-bond donors (Lipinski definition) is 2. The van der Waals surface area contributed by atoms with Crippen LogP contribution < -0.4 is 11.1 Å². The van der Waals surface area contributed by atoms with E-state index in [4.69, 9.17) is 10.5 Å². The number of fused-ring (bicyclic) bond motifs is 1. The van der Waals surface area contributed by atoms with E-state index in [0.29, 0.717) is 30.3 Å². The van der Waals surface area contributed by atoms with Gasteiger partial charge in [0.25, 0.3) is 5.91 Å². The molecule has 6 heteroatoms. The second-order valence-corrected chi connectivity index (χ2v) is 5.53. The molecule has 1 amide bonds. The highest BCUT2D eigenvalue weighted by atomic mass is 32.1. The van der Waals surface area contributed by atoms with Crippen molar-refractivity contribution in [2.45, 2.75) is 6.92 Å². The zero-order valence-electron chi connectivity index (χ0n) is 11.3. The van der Waals surface area contributed by atoms with E-state index in [-0.39, 0.29) is 5.91 Å². The monoisotopic (exact) mass is 291 g/mol. The van der Waals surface area contributed by atoms with Crippen molar-refractivity contribution in [1.29, 1.82) is 0 Å². The van der Waals surface area contributed by atoms with Crippen molar-refractivity contribution in [3.05, 3.63) is 35.5 Å². The molecule has 5 nitrogen and oxygen atoms in total. The van der Waals surface area contributed by atoms with Gasteiger partial charge in [-0.3, -0.25) is 9.78 Å². The van der Waals surface area contributed by atoms with E-state index >= 15 is 0 Å². The minimum absolute atomic E-state index is 0.178. The average molecular weight is 291 g/mol. The fourth-order valence-electron chi connectivity index (χ4n) is 1.70. The number of thiophene rings is 1. The fraction of sp³-hybridized carbons (Fsp3) is 0.286. The molecule has 106 valence electrons. The van der Waals surface area contributed by atoms with Crippen LogP contribution in [0.1, 0.15) is 16.6 Å². The van der Waals surface area contributed by atoms with Gasteiger partial charge in [0.1, 0.15) is 4.88 Å². The molecule has 3 N–H and O–H groups in total. The highest BCUT2D eigenvalue weighted by molar-refractivity contribution is 7.21. The molecule has 0 bridgehead atoms. The molecule has 0 saturated heterocycles. The van der Waals surface area contributed by atoms with Crippen LogP contribution >= 0.6 is 11.3 Å². The predicted octanol–water partition coefficient (Wildman–Crippen LogP) is 2.20. The van der Waals surface area contributed by atoms with Gasteiger partial charge in [0.2, 0.25) is 0 Å². The summed E-state index contributed by atoms with van der Waals surface area (Å²) in [5.41, 5.74) is 7.45. The number of pyridine rings is 1. The fourth-order valence-corrected chi connectivity index (χ4v) is 2.71. The molecule has 0 unspecified atom stereocenters. The van der Waals surface area contributed by atoms with Gasteiger partial charge >= 0.3 is 0 Å². The van der Waals surface area contributed by atoms with Crippen LogP contribution in [0.15, 0.2) is 30.6 Å². The highest BCUT2D eigenvalue weighted by Crippen LogP contribution is 2.32. The first-order chi connectivity index (χ1) is 9.59. The van der Waals surface area contributed by atoms with Gasteiger partial charge in [-0.25, -0.2) is 0 Å². The number of rotatable bonds is 6. The lowest BCUT2D eigenvalue weighted by Gasteiger charge is -2.05. The summed E-state index contributed by atoms with van der Waals surface area (Å²) in [5.74, 6) is -0.178. The molecule has 0 radical (unpaired) electrons. The summed E-state index contributed by atoms with van der Waals surface area (Å²) in [6.45, 7) is 7.03. The van der Waals surface area contributed by atoms with Gasteiger partial charge in [0.05, 0.1) is 23.6 Å². The van der Waals surface area contributed by atoms with Gasteiger partial charge in [-0.05, 0) is 13.0 Å². The van der Waals surface area contributed by atoms with E-state index < -0.39 is 0 Å². The number of carbonyl (C=O) groups is 1. The van der Waals surface area contributed by atoms with E-state index in [0.717, 1.165) is 15.7 Å². The molecule has 2 aromatic heterocycles. The number of anilines is 1. The topological polar surface area (TPSA) is 77.2 Å². The average Bonchev–Trinajstić information content (AvgIpc) is 2.76. The first-order valence-corrected chi connectivity index (χ1v) is 7.03. The molecule has 0 spiro atoms. The van der Waals surface area contributed by atoms with Crippen molar-refractivity contribution in [2.24, 2.45) is 0 Å². The number of nitrogen functional groups attached to an aromatic ring is 1. The van der Waals surface area contributed by atoms with Gasteiger partial charge in [-0.1, -0.05) is 12.2 Å². The molecular formula is C14H17N3O2S. The number of nitrogens with one attached hydrogen (secondary N) is 1. The molecule has 2 aromatic rings. The van der Waals surface area contributed by atoms with E-state index in [1.54, 1.807) is 12.4 Å². The molecule has 0 saturated carbocycles. The Morgan fingerprint density at radius 1 is 1.60 bits per heavy atom. The molecule has 20 heavy (non-hydrogen) atoms. The lowest BCUT2D eigenvalue weighted by Crippen LogP contribution is -2.27. The summed E-state index contributed by atoms with van der Waals surface area (Å²) in [4.78, 5) is 16.6. The summed E-state index contributed by atoms with van der Waals surface area (Å²) >= 11 is 1.35. The lowest BCUT2D eigenvalue weighted by atomic mass is 10.2. The quantitative estimate of drug-likeness (QED) is 0.632. The van der Waals surface area contributed by atoms with Crippen LogP contribution in [-0.2, 0) is 4.74 Å². The van der Waals surface area contributed by atoms with E-state index in [1.807, 2.05) is 13.0 Å². The maximum Gasteiger partial charge on any atom is 0.263 e. The number of aromatic nitrogens is 1. The molecule has 2 rings (SSSR count). The Labute approximate surface area is 121 Å². The SMILES string of the molecule is C=C(C)COCCNC(=O)c1sc2cnccc2c1N. The molecule has 0 aromatic carbocycles. The minimum atomic E-state index is -0.178. The van der Waals surface area contributed by atoms with Crippen molar-refractivity contribution in [3.63, 3.8) is 0 Å². The Kier molecular flexibility index (Phi) is 4.70. The predicted molar refractivity (Wildman–Crippen MR) is 82.0 cm³/mol. The van der Waals surface area contributed by atoms with E-state index in [1.165, 1.54) is 11.3 Å². The maximum absolute atomic E-state index is 12.1. The van der Waals surface area contributed by atoms with Crippen molar-refractivity contribution >= 4 is 33.0 Å². The molecule has 0 atom stereocenters. The van der Waals surface area contributed by atoms with E-state index in [2.05, 4.69) is 16.9 Å². The Balaban J connectivity index is 1.94. The molecule has 0 aliphatic heterocycles. The van der Waals surface area contributed by atoms with Gasteiger partial charge in [-0.15, -0.1) is 11.3 Å². The van der Waals surface area contributed by atoms with Crippen LogP contribution in [0.3, 0.4) is 0 Å². The van der Waals surface area contributed by atoms with Crippen LogP contribution in [0.4, 0.5) is 5.69 Å². The Morgan fingerprint density at radius 2 is 2.40 bits per heavy atom. The smallest absolute Gasteiger partial charge is 0.263 e. The lowest BCUT2D eigenvalue weighted by molar-refractivity contribution is 0.0931. The zero-order chi connectivity index (χ0) is 14.5. The van der Waals surface area contributed by atoms with Crippen LogP contribution in [0.2, 0.25) is 0 Å². The molecular weight excluding hydrogens is 274 g/mol. The van der Waals surface area contributed by atoms with Crippen molar-refractivity contribution in [1.82, 2.24) is 10.3 Å². The van der Waals surface area contributed by atoms with Gasteiger partial charge in [0.15, 0.2) is 0 Å². The van der Waals surface area contributed by atoms with Gasteiger partial charge in [-0.2, -0.15) is 0 Å². The third kappa shape index (κ3) is 3.34. The molecule has 0 aliphatic rings. The summed E-state index contributed by atoms with van der Waals surface area (Å²) < 4.78 is 6.23. The number of hydrogen-bond acceptors (Lipinski definition) is 5.